The van der Waals surface area contributed by atoms with Gasteiger partial charge >= 0.3 is 5.76 Å². The summed E-state index contributed by atoms with van der Waals surface area (Å²) in [6.07, 6.45) is 0. The van der Waals surface area contributed by atoms with E-state index in [4.69, 9.17) is 9.15 Å². The zero-order valence-corrected chi connectivity index (χ0v) is 17.1. The Morgan fingerprint density at radius 3 is 2.67 bits per heavy atom. The molecule has 0 bridgehead atoms. The van der Waals surface area contributed by atoms with E-state index >= 15 is 0 Å². The second-order valence-electron chi connectivity index (χ2n) is 7.02. The van der Waals surface area contributed by atoms with Gasteiger partial charge in [-0.1, -0.05) is 12.1 Å². The highest BCUT2D eigenvalue weighted by atomic mass is 32.2. The number of morpholine rings is 1. The SMILES string of the molecule is Cc1ccc2oc(=O)n(CC(=O)Nc3cccc(S(=O)(=O)N4CCOCC4)c3)c2c1. The second-order valence-corrected chi connectivity index (χ2v) is 8.96. The minimum absolute atomic E-state index is 0.0868. The number of fused-ring (bicyclic) bond motifs is 1. The van der Waals surface area contributed by atoms with Gasteiger partial charge in [-0.05, 0) is 42.8 Å². The highest BCUT2D eigenvalue weighted by Gasteiger charge is 2.26. The number of aromatic nitrogens is 1. The molecule has 1 fully saturated rings. The lowest BCUT2D eigenvalue weighted by Gasteiger charge is -2.26. The fourth-order valence-electron chi connectivity index (χ4n) is 3.34. The third-order valence-corrected chi connectivity index (χ3v) is 6.74. The Labute approximate surface area is 172 Å². The summed E-state index contributed by atoms with van der Waals surface area (Å²) in [5, 5.41) is 2.65. The smallest absolute Gasteiger partial charge is 0.408 e. The molecule has 0 radical (unpaired) electrons. The molecular weight excluding hydrogens is 410 g/mol. The van der Waals surface area contributed by atoms with Gasteiger partial charge < -0.3 is 14.5 Å². The van der Waals surface area contributed by atoms with Crippen LogP contribution in [0.1, 0.15) is 5.56 Å². The van der Waals surface area contributed by atoms with Crippen molar-refractivity contribution in [3.8, 4) is 0 Å². The van der Waals surface area contributed by atoms with E-state index in [-0.39, 0.29) is 24.5 Å². The van der Waals surface area contributed by atoms with E-state index < -0.39 is 21.7 Å². The largest absolute Gasteiger partial charge is 0.420 e. The average molecular weight is 431 g/mol. The molecule has 4 rings (SSSR count). The maximum Gasteiger partial charge on any atom is 0.420 e. The fourth-order valence-corrected chi connectivity index (χ4v) is 4.79. The third-order valence-electron chi connectivity index (χ3n) is 4.85. The highest BCUT2D eigenvalue weighted by molar-refractivity contribution is 7.89. The minimum atomic E-state index is -3.68. The first-order chi connectivity index (χ1) is 14.3. The van der Waals surface area contributed by atoms with Crippen molar-refractivity contribution in [2.45, 2.75) is 18.4 Å². The molecule has 1 saturated heterocycles. The summed E-state index contributed by atoms with van der Waals surface area (Å²) in [6.45, 7) is 2.90. The topological polar surface area (TPSA) is 111 Å². The number of carbonyl (C=O) groups is 1. The molecule has 1 aliphatic rings. The van der Waals surface area contributed by atoms with Crippen LogP contribution in [0.4, 0.5) is 5.69 Å². The van der Waals surface area contributed by atoms with Gasteiger partial charge in [-0.25, -0.2) is 13.2 Å². The van der Waals surface area contributed by atoms with E-state index in [1.807, 2.05) is 13.0 Å². The van der Waals surface area contributed by atoms with Gasteiger partial charge in [0.1, 0.15) is 6.54 Å². The van der Waals surface area contributed by atoms with Crippen LogP contribution in [-0.2, 0) is 26.1 Å². The van der Waals surface area contributed by atoms with E-state index in [1.165, 1.54) is 21.0 Å². The van der Waals surface area contributed by atoms with Gasteiger partial charge in [-0.15, -0.1) is 0 Å². The number of nitrogens with one attached hydrogen (secondary N) is 1. The van der Waals surface area contributed by atoms with Gasteiger partial charge in [-0.2, -0.15) is 4.31 Å². The summed E-state index contributed by atoms with van der Waals surface area (Å²) >= 11 is 0. The highest BCUT2D eigenvalue weighted by Crippen LogP contribution is 2.21. The van der Waals surface area contributed by atoms with Crippen LogP contribution in [0.2, 0.25) is 0 Å². The van der Waals surface area contributed by atoms with Gasteiger partial charge in [0, 0.05) is 18.8 Å². The van der Waals surface area contributed by atoms with Gasteiger partial charge in [0.15, 0.2) is 5.58 Å². The predicted molar refractivity (Wildman–Crippen MR) is 110 cm³/mol. The van der Waals surface area contributed by atoms with Crippen molar-refractivity contribution < 1.29 is 22.4 Å². The normalized spacial score (nSPS) is 15.4. The quantitative estimate of drug-likeness (QED) is 0.656. The van der Waals surface area contributed by atoms with Gasteiger partial charge in [0.05, 0.1) is 23.6 Å². The Morgan fingerprint density at radius 1 is 1.13 bits per heavy atom. The number of carbonyl (C=O) groups excluding carboxylic acids is 1. The maximum absolute atomic E-state index is 12.8. The van der Waals surface area contributed by atoms with Crippen LogP contribution >= 0.6 is 0 Å². The standard InChI is InChI=1S/C20H21N3O6S/c1-14-5-6-18-17(11-14)23(20(25)29-18)13-19(24)21-15-3-2-4-16(12-15)30(26,27)22-7-9-28-10-8-22/h2-6,11-12H,7-10,13H2,1H3,(H,21,24). The van der Waals surface area contributed by atoms with E-state index in [1.54, 1.807) is 24.3 Å². The van der Waals surface area contributed by atoms with Crippen molar-refractivity contribution >= 4 is 32.7 Å². The molecule has 158 valence electrons. The van der Waals surface area contributed by atoms with Crippen LogP contribution < -0.4 is 11.1 Å². The molecule has 1 amide bonds. The number of ether oxygens (including phenoxy) is 1. The van der Waals surface area contributed by atoms with Crippen molar-refractivity contribution in [3.05, 3.63) is 58.6 Å². The molecule has 1 aromatic heterocycles. The second kappa shape index (κ2) is 8.05. The summed E-state index contributed by atoms with van der Waals surface area (Å²) in [5.41, 5.74) is 2.18. The Hall–Kier alpha value is -2.95. The van der Waals surface area contributed by atoms with Crippen LogP contribution in [0.3, 0.4) is 0 Å². The maximum atomic E-state index is 12.8. The number of nitrogens with zero attached hydrogens (tertiary/aromatic N) is 2. The average Bonchev–Trinajstić information content (AvgIpc) is 3.03. The summed E-state index contributed by atoms with van der Waals surface area (Å²) in [7, 11) is -3.68. The molecule has 0 saturated carbocycles. The Bertz CT molecular complexity index is 1260. The van der Waals surface area contributed by atoms with E-state index in [9.17, 15) is 18.0 Å². The number of benzene rings is 2. The first-order valence-electron chi connectivity index (χ1n) is 9.42. The monoisotopic (exact) mass is 431 g/mol. The number of sulfonamides is 1. The fraction of sp³-hybridized carbons (Fsp3) is 0.300. The molecule has 9 nitrogen and oxygen atoms in total. The van der Waals surface area contributed by atoms with Gasteiger partial charge in [0.2, 0.25) is 15.9 Å². The number of hydrogen-bond donors (Lipinski definition) is 1. The van der Waals surface area contributed by atoms with Crippen LogP contribution in [0.15, 0.2) is 56.6 Å². The summed E-state index contributed by atoms with van der Waals surface area (Å²) in [4.78, 5) is 24.7. The zero-order valence-electron chi connectivity index (χ0n) is 16.3. The first-order valence-corrected chi connectivity index (χ1v) is 10.9. The number of hydrogen-bond acceptors (Lipinski definition) is 6. The van der Waals surface area contributed by atoms with Crippen molar-refractivity contribution in [1.82, 2.24) is 8.87 Å². The van der Waals surface area contributed by atoms with Gasteiger partial charge in [-0.3, -0.25) is 9.36 Å². The number of aryl methyl sites for hydroxylation is 1. The van der Waals surface area contributed by atoms with Gasteiger partial charge in [0.25, 0.3) is 0 Å². The zero-order chi connectivity index (χ0) is 21.3. The number of rotatable bonds is 5. The number of oxazole rings is 1. The van der Waals surface area contributed by atoms with Crippen molar-refractivity contribution in [1.29, 1.82) is 0 Å². The molecule has 2 aromatic carbocycles. The number of anilines is 1. The Balaban J connectivity index is 1.53. The Kier molecular flexibility index (Phi) is 5.46. The van der Waals surface area contributed by atoms with Crippen molar-refractivity contribution in [2.75, 3.05) is 31.6 Å². The molecular formula is C20H21N3O6S. The lowest BCUT2D eigenvalue weighted by atomic mass is 10.2. The predicted octanol–water partition coefficient (Wildman–Crippen LogP) is 1.56. The molecule has 1 aliphatic heterocycles. The molecule has 0 aliphatic carbocycles. The molecule has 3 aromatic rings. The first kappa shape index (κ1) is 20.3. The Morgan fingerprint density at radius 2 is 1.90 bits per heavy atom. The molecule has 0 spiro atoms. The van der Waals surface area contributed by atoms with Crippen LogP contribution in [-0.4, -0.2) is 49.5 Å². The summed E-state index contributed by atoms with van der Waals surface area (Å²) < 4.78 is 38.6. The summed E-state index contributed by atoms with van der Waals surface area (Å²) in [6, 6.07) is 11.3. The third kappa shape index (κ3) is 4.02. The van der Waals surface area contributed by atoms with Crippen LogP contribution in [0.5, 0.6) is 0 Å². The van der Waals surface area contributed by atoms with E-state index in [2.05, 4.69) is 5.32 Å². The van der Waals surface area contributed by atoms with Crippen LogP contribution in [0.25, 0.3) is 11.1 Å². The molecule has 0 unspecified atom stereocenters. The molecule has 30 heavy (non-hydrogen) atoms. The lowest BCUT2D eigenvalue weighted by Crippen LogP contribution is -2.40. The summed E-state index contributed by atoms with van der Waals surface area (Å²) in [5.74, 6) is -1.10. The lowest BCUT2D eigenvalue weighted by molar-refractivity contribution is -0.116. The van der Waals surface area contributed by atoms with E-state index in [0.29, 0.717) is 30.0 Å². The van der Waals surface area contributed by atoms with Crippen molar-refractivity contribution in [2.24, 2.45) is 0 Å². The number of amides is 1. The van der Waals surface area contributed by atoms with E-state index in [0.717, 1.165) is 5.56 Å². The van der Waals surface area contributed by atoms with Crippen molar-refractivity contribution in [3.63, 3.8) is 0 Å². The molecule has 10 heteroatoms. The molecule has 0 atom stereocenters. The van der Waals surface area contributed by atoms with Crippen LogP contribution in [0, 0.1) is 6.92 Å². The molecule has 2 heterocycles. The molecule has 1 N–H and O–H groups in total. The minimum Gasteiger partial charge on any atom is -0.408 e.